The van der Waals surface area contributed by atoms with E-state index in [9.17, 15) is 27.1 Å². The summed E-state index contributed by atoms with van der Waals surface area (Å²) in [5.74, 6) is -2.98. The number of halogens is 5. The van der Waals surface area contributed by atoms with Gasteiger partial charge in [0.25, 0.3) is 0 Å². The Morgan fingerprint density at radius 3 is 2.48 bits per heavy atom. The smallest absolute Gasteiger partial charge is 0.392 e. The fourth-order valence-corrected chi connectivity index (χ4v) is 3.38. The summed E-state index contributed by atoms with van der Waals surface area (Å²) < 4.78 is 70.3. The van der Waals surface area contributed by atoms with E-state index in [4.69, 9.17) is 0 Å². The molecule has 7 heteroatoms. The monoisotopic (exact) mass is 383 g/mol. The molecule has 2 nitrogen and oxygen atoms in total. The van der Waals surface area contributed by atoms with Crippen LogP contribution in [-0.4, -0.2) is 11.3 Å². The second kappa shape index (κ2) is 6.96. The van der Waals surface area contributed by atoms with Crippen molar-refractivity contribution in [3.05, 3.63) is 70.4 Å². The molecule has 0 saturated heterocycles. The molecule has 0 spiro atoms. The molecule has 1 atom stereocenters. The maximum Gasteiger partial charge on any atom is 0.431 e. The molecule has 2 aromatic rings. The maximum absolute atomic E-state index is 14.8. The Hall–Kier alpha value is -2.41. The van der Waals surface area contributed by atoms with Gasteiger partial charge in [0, 0.05) is 5.69 Å². The van der Waals surface area contributed by atoms with Crippen LogP contribution in [-0.2, 0) is 6.61 Å². The van der Waals surface area contributed by atoms with Gasteiger partial charge in [-0.25, -0.2) is 8.78 Å². The van der Waals surface area contributed by atoms with Crippen molar-refractivity contribution in [2.45, 2.75) is 39.0 Å². The third-order valence-electron chi connectivity index (χ3n) is 4.88. The average molecular weight is 383 g/mol. The lowest BCUT2D eigenvalue weighted by Crippen LogP contribution is -2.29. The topological polar surface area (TPSA) is 23.5 Å². The Labute approximate surface area is 153 Å². The number of benzene rings is 2. The molecule has 144 valence electrons. The summed E-state index contributed by atoms with van der Waals surface area (Å²) >= 11 is 0. The molecule has 0 saturated carbocycles. The van der Waals surface area contributed by atoms with E-state index in [1.165, 1.54) is 18.2 Å². The number of fused-ring (bicyclic) bond motifs is 1. The van der Waals surface area contributed by atoms with Crippen LogP contribution in [0.5, 0.6) is 0 Å². The molecule has 0 aliphatic carbocycles. The molecular weight excluding hydrogens is 365 g/mol. The molecule has 3 rings (SSSR count). The van der Waals surface area contributed by atoms with Crippen LogP contribution in [0.4, 0.5) is 33.3 Å². The molecule has 0 bridgehead atoms. The fourth-order valence-electron chi connectivity index (χ4n) is 3.38. The normalized spacial score (nSPS) is 17.4. The van der Waals surface area contributed by atoms with Gasteiger partial charge in [0.15, 0.2) is 11.6 Å². The van der Waals surface area contributed by atoms with E-state index in [2.05, 4.69) is 0 Å². The van der Waals surface area contributed by atoms with Crippen molar-refractivity contribution >= 4 is 11.4 Å². The van der Waals surface area contributed by atoms with Crippen molar-refractivity contribution in [2.75, 3.05) is 4.90 Å². The summed E-state index contributed by atoms with van der Waals surface area (Å²) in [4.78, 5) is 0.728. The van der Waals surface area contributed by atoms with Crippen LogP contribution >= 0.6 is 0 Å². The summed E-state index contributed by atoms with van der Waals surface area (Å²) in [6.45, 7) is 2.83. The molecule has 2 aromatic carbocycles. The first-order valence-electron chi connectivity index (χ1n) is 8.41. The SMILES string of the molecule is Cc1c(CO)cccc1N1C(C(F)(F)F)=CCC(C)c2ccc(F)c(F)c21. The van der Waals surface area contributed by atoms with Crippen molar-refractivity contribution in [3.8, 4) is 0 Å². The molecule has 1 aliphatic rings. The highest BCUT2D eigenvalue weighted by Crippen LogP contribution is 2.47. The molecule has 1 N–H and O–H groups in total. The number of nitrogens with zero attached hydrogens (tertiary/aromatic N) is 1. The lowest BCUT2D eigenvalue weighted by Gasteiger charge is -2.31. The van der Waals surface area contributed by atoms with Crippen molar-refractivity contribution in [1.29, 1.82) is 0 Å². The van der Waals surface area contributed by atoms with Crippen molar-refractivity contribution in [3.63, 3.8) is 0 Å². The minimum Gasteiger partial charge on any atom is -0.392 e. The van der Waals surface area contributed by atoms with E-state index in [-0.39, 0.29) is 18.7 Å². The van der Waals surface area contributed by atoms with Crippen molar-refractivity contribution in [2.24, 2.45) is 0 Å². The number of rotatable bonds is 2. The quantitative estimate of drug-likeness (QED) is 0.657. The van der Waals surface area contributed by atoms with Gasteiger partial charge < -0.3 is 10.0 Å². The van der Waals surface area contributed by atoms with Gasteiger partial charge in [0.1, 0.15) is 5.70 Å². The highest BCUT2D eigenvalue weighted by Gasteiger charge is 2.42. The van der Waals surface area contributed by atoms with Gasteiger partial charge >= 0.3 is 6.18 Å². The highest BCUT2D eigenvalue weighted by atomic mass is 19.4. The summed E-state index contributed by atoms with van der Waals surface area (Å²) in [5.41, 5.74) is -0.412. The number of hydrogen-bond donors (Lipinski definition) is 1. The van der Waals surface area contributed by atoms with E-state index >= 15 is 0 Å². The van der Waals surface area contributed by atoms with Crippen LogP contribution in [0.25, 0.3) is 0 Å². The van der Waals surface area contributed by atoms with E-state index in [1.54, 1.807) is 19.9 Å². The number of anilines is 2. The Kier molecular flexibility index (Phi) is 4.99. The first-order chi connectivity index (χ1) is 12.7. The van der Waals surface area contributed by atoms with E-state index < -0.39 is 35.1 Å². The molecule has 0 radical (unpaired) electrons. The van der Waals surface area contributed by atoms with Crippen LogP contribution in [0, 0.1) is 18.6 Å². The van der Waals surface area contributed by atoms with E-state index in [0.717, 1.165) is 17.0 Å². The Morgan fingerprint density at radius 1 is 1.15 bits per heavy atom. The number of allylic oxidation sites excluding steroid dienone is 2. The Balaban J connectivity index is 2.39. The van der Waals surface area contributed by atoms with Crippen LogP contribution in [0.1, 0.15) is 36.0 Å². The van der Waals surface area contributed by atoms with Gasteiger partial charge in [0.05, 0.1) is 12.3 Å². The van der Waals surface area contributed by atoms with Crippen LogP contribution in [0.2, 0.25) is 0 Å². The van der Waals surface area contributed by atoms with Crippen LogP contribution in [0.15, 0.2) is 42.1 Å². The number of alkyl halides is 3. The van der Waals surface area contributed by atoms with Crippen molar-refractivity contribution in [1.82, 2.24) is 0 Å². The zero-order chi connectivity index (χ0) is 19.9. The first-order valence-corrected chi connectivity index (χ1v) is 8.41. The third kappa shape index (κ3) is 3.32. The van der Waals surface area contributed by atoms with Gasteiger partial charge in [-0.1, -0.05) is 31.2 Å². The second-order valence-electron chi connectivity index (χ2n) is 6.58. The van der Waals surface area contributed by atoms with Gasteiger partial charge in [-0.05, 0) is 48.1 Å². The third-order valence-corrected chi connectivity index (χ3v) is 4.88. The molecule has 1 aliphatic heterocycles. The van der Waals surface area contributed by atoms with Gasteiger partial charge in [-0.2, -0.15) is 13.2 Å². The molecule has 0 fully saturated rings. The standard InChI is InChI=1S/C20H18F5NO/c1-11-6-9-17(20(23,24)25)26(16-5-3-4-13(10-27)12(16)2)19-14(11)7-8-15(21)18(19)22/h3-5,7-9,11,27H,6,10H2,1-2H3. The minimum absolute atomic E-state index is 0.0299. The minimum atomic E-state index is -4.78. The first kappa shape index (κ1) is 19.4. The number of aliphatic hydroxyl groups excluding tert-OH is 1. The molecular formula is C20H18F5NO. The molecule has 1 unspecified atom stereocenters. The lowest BCUT2D eigenvalue weighted by atomic mass is 9.96. The highest BCUT2D eigenvalue weighted by molar-refractivity contribution is 5.76. The number of hydrogen-bond acceptors (Lipinski definition) is 2. The number of aliphatic hydroxyl groups is 1. The van der Waals surface area contributed by atoms with Gasteiger partial charge in [-0.15, -0.1) is 0 Å². The van der Waals surface area contributed by atoms with Gasteiger partial charge in [0.2, 0.25) is 0 Å². The molecule has 0 aromatic heterocycles. The predicted octanol–water partition coefficient (Wildman–Crippen LogP) is 5.86. The summed E-state index contributed by atoms with van der Waals surface area (Å²) in [5, 5.41) is 9.47. The summed E-state index contributed by atoms with van der Waals surface area (Å²) in [6.07, 6.45) is -3.74. The molecule has 27 heavy (non-hydrogen) atoms. The Morgan fingerprint density at radius 2 is 1.85 bits per heavy atom. The zero-order valence-electron chi connectivity index (χ0n) is 14.7. The summed E-state index contributed by atoms with van der Waals surface area (Å²) in [6, 6.07) is 6.70. The predicted molar refractivity (Wildman–Crippen MR) is 92.8 cm³/mol. The largest absolute Gasteiger partial charge is 0.431 e. The van der Waals surface area contributed by atoms with E-state index in [1.807, 2.05) is 0 Å². The second-order valence-corrected chi connectivity index (χ2v) is 6.58. The van der Waals surface area contributed by atoms with Crippen LogP contribution in [0.3, 0.4) is 0 Å². The van der Waals surface area contributed by atoms with Crippen LogP contribution < -0.4 is 4.90 Å². The fraction of sp³-hybridized carbons (Fsp3) is 0.300. The van der Waals surface area contributed by atoms with Gasteiger partial charge in [-0.3, -0.25) is 0 Å². The Bertz CT molecular complexity index is 904. The van der Waals surface area contributed by atoms with E-state index in [0.29, 0.717) is 16.7 Å². The lowest BCUT2D eigenvalue weighted by molar-refractivity contribution is -0.0926. The molecule has 0 amide bonds. The van der Waals surface area contributed by atoms with Crippen molar-refractivity contribution < 1.29 is 27.1 Å². The average Bonchev–Trinajstić information content (AvgIpc) is 2.75. The maximum atomic E-state index is 14.8. The summed E-state index contributed by atoms with van der Waals surface area (Å²) in [7, 11) is 0. The zero-order valence-corrected chi connectivity index (χ0v) is 14.7. The molecule has 1 heterocycles.